The SMILES string of the molecule is CN1CC([N+](=O)[O-])=CN(c2ccc(Cl)cc2)C1. The molecule has 1 heterocycles. The Morgan fingerprint density at radius 3 is 2.59 bits per heavy atom. The van der Waals surface area contributed by atoms with E-state index in [9.17, 15) is 10.1 Å². The molecule has 0 aliphatic carbocycles. The molecule has 1 aromatic rings. The third-order valence-electron chi connectivity index (χ3n) is 2.52. The average molecular weight is 254 g/mol. The Balaban J connectivity index is 2.28. The van der Waals surface area contributed by atoms with Crippen LogP contribution in [0.2, 0.25) is 5.02 Å². The molecular formula is C11H12ClN3O2. The Morgan fingerprint density at radius 1 is 1.35 bits per heavy atom. The number of likely N-dealkylation sites (N-methyl/N-ethyl adjacent to an activating group) is 1. The lowest BCUT2D eigenvalue weighted by molar-refractivity contribution is -0.428. The quantitative estimate of drug-likeness (QED) is 0.599. The van der Waals surface area contributed by atoms with Gasteiger partial charge in [-0.25, -0.2) is 0 Å². The van der Waals surface area contributed by atoms with Gasteiger partial charge in [0.25, 0.3) is 5.70 Å². The molecular weight excluding hydrogens is 242 g/mol. The smallest absolute Gasteiger partial charge is 0.276 e. The lowest BCUT2D eigenvalue weighted by Gasteiger charge is -2.29. The van der Waals surface area contributed by atoms with Crippen molar-refractivity contribution in [1.29, 1.82) is 0 Å². The summed E-state index contributed by atoms with van der Waals surface area (Å²) in [6.07, 6.45) is 1.57. The molecule has 0 N–H and O–H groups in total. The molecule has 1 aromatic carbocycles. The highest BCUT2D eigenvalue weighted by molar-refractivity contribution is 6.30. The Kier molecular flexibility index (Phi) is 3.31. The van der Waals surface area contributed by atoms with Gasteiger partial charge < -0.3 is 4.90 Å². The van der Waals surface area contributed by atoms with Crippen LogP contribution in [0.1, 0.15) is 0 Å². The first-order valence-electron chi connectivity index (χ1n) is 5.12. The van der Waals surface area contributed by atoms with Crippen LogP contribution in [-0.4, -0.2) is 30.1 Å². The molecule has 0 amide bonds. The summed E-state index contributed by atoms with van der Waals surface area (Å²) in [5, 5.41) is 11.4. The van der Waals surface area contributed by atoms with Crippen molar-refractivity contribution in [2.45, 2.75) is 0 Å². The van der Waals surface area contributed by atoms with Crippen molar-refractivity contribution < 1.29 is 4.92 Å². The van der Waals surface area contributed by atoms with Gasteiger partial charge in [0.1, 0.15) is 0 Å². The molecule has 0 spiro atoms. The van der Waals surface area contributed by atoms with Crippen LogP contribution in [0.25, 0.3) is 0 Å². The average Bonchev–Trinajstić information content (AvgIpc) is 2.29. The third-order valence-corrected chi connectivity index (χ3v) is 2.78. The van der Waals surface area contributed by atoms with Gasteiger partial charge in [-0.3, -0.25) is 15.0 Å². The number of nitrogens with zero attached hydrogens (tertiary/aromatic N) is 3. The molecule has 0 bridgehead atoms. The van der Waals surface area contributed by atoms with Gasteiger partial charge in [0.15, 0.2) is 0 Å². The van der Waals surface area contributed by atoms with E-state index in [0.29, 0.717) is 18.2 Å². The Morgan fingerprint density at radius 2 is 2.00 bits per heavy atom. The highest BCUT2D eigenvalue weighted by Gasteiger charge is 2.23. The zero-order chi connectivity index (χ0) is 12.4. The second-order valence-corrected chi connectivity index (χ2v) is 4.42. The number of rotatable bonds is 2. The van der Waals surface area contributed by atoms with Crippen molar-refractivity contribution in [2.24, 2.45) is 0 Å². The first kappa shape index (κ1) is 11.9. The van der Waals surface area contributed by atoms with E-state index in [2.05, 4.69) is 0 Å². The molecule has 17 heavy (non-hydrogen) atoms. The monoisotopic (exact) mass is 253 g/mol. The molecule has 1 aliphatic heterocycles. The second kappa shape index (κ2) is 4.73. The highest BCUT2D eigenvalue weighted by Crippen LogP contribution is 2.21. The third kappa shape index (κ3) is 2.75. The van der Waals surface area contributed by atoms with Gasteiger partial charge in [-0.05, 0) is 31.3 Å². The highest BCUT2D eigenvalue weighted by atomic mass is 35.5. The molecule has 0 aromatic heterocycles. The van der Waals surface area contributed by atoms with E-state index in [-0.39, 0.29) is 10.6 Å². The van der Waals surface area contributed by atoms with E-state index in [1.54, 1.807) is 18.3 Å². The molecule has 0 unspecified atom stereocenters. The molecule has 0 atom stereocenters. The van der Waals surface area contributed by atoms with Crippen LogP contribution in [0.4, 0.5) is 5.69 Å². The second-order valence-electron chi connectivity index (χ2n) is 3.98. The number of halogens is 1. The van der Waals surface area contributed by atoms with Crippen LogP contribution in [-0.2, 0) is 0 Å². The van der Waals surface area contributed by atoms with Crippen molar-refractivity contribution in [1.82, 2.24) is 4.90 Å². The van der Waals surface area contributed by atoms with Gasteiger partial charge in [-0.2, -0.15) is 0 Å². The van der Waals surface area contributed by atoms with Crippen molar-refractivity contribution in [2.75, 3.05) is 25.2 Å². The zero-order valence-electron chi connectivity index (χ0n) is 9.34. The largest absolute Gasteiger partial charge is 0.328 e. The van der Waals surface area contributed by atoms with E-state index >= 15 is 0 Å². The molecule has 90 valence electrons. The Hall–Kier alpha value is -1.59. The fourth-order valence-electron chi connectivity index (χ4n) is 1.74. The summed E-state index contributed by atoms with van der Waals surface area (Å²) in [7, 11) is 1.85. The van der Waals surface area contributed by atoms with Gasteiger partial charge in [0.05, 0.1) is 24.3 Å². The number of nitro groups is 1. The zero-order valence-corrected chi connectivity index (χ0v) is 10.1. The summed E-state index contributed by atoms with van der Waals surface area (Å²) >= 11 is 5.81. The van der Waals surface area contributed by atoms with E-state index in [0.717, 1.165) is 5.69 Å². The van der Waals surface area contributed by atoms with E-state index in [4.69, 9.17) is 11.6 Å². The van der Waals surface area contributed by atoms with E-state index in [1.807, 2.05) is 29.0 Å². The van der Waals surface area contributed by atoms with Gasteiger partial charge >= 0.3 is 0 Å². The lowest BCUT2D eigenvalue weighted by atomic mass is 10.2. The van der Waals surface area contributed by atoms with Crippen molar-refractivity contribution >= 4 is 17.3 Å². The minimum Gasteiger partial charge on any atom is -0.328 e. The topological polar surface area (TPSA) is 49.6 Å². The summed E-state index contributed by atoms with van der Waals surface area (Å²) in [6, 6.07) is 7.22. The number of hydrogen-bond acceptors (Lipinski definition) is 4. The first-order chi connectivity index (χ1) is 8.06. The van der Waals surface area contributed by atoms with Gasteiger partial charge in [-0.15, -0.1) is 0 Å². The fraction of sp³-hybridized carbons (Fsp3) is 0.273. The van der Waals surface area contributed by atoms with Crippen LogP contribution in [0.5, 0.6) is 0 Å². The molecule has 0 fully saturated rings. The normalized spacial score (nSPS) is 16.8. The van der Waals surface area contributed by atoms with E-state index < -0.39 is 0 Å². The van der Waals surface area contributed by atoms with Crippen LogP contribution in [0.3, 0.4) is 0 Å². The summed E-state index contributed by atoms with van der Waals surface area (Å²) in [5.41, 5.74) is 1.08. The minimum atomic E-state index is -0.349. The summed E-state index contributed by atoms with van der Waals surface area (Å²) < 4.78 is 0. The van der Waals surface area contributed by atoms with Crippen LogP contribution < -0.4 is 4.90 Å². The minimum absolute atomic E-state index is 0.189. The molecule has 0 saturated heterocycles. The number of hydrogen-bond donors (Lipinski definition) is 0. The molecule has 6 heteroatoms. The number of anilines is 1. The molecule has 2 rings (SSSR count). The first-order valence-corrected chi connectivity index (χ1v) is 5.50. The molecule has 0 saturated carbocycles. The predicted octanol–water partition coefficient (Wildman–Crippen LogP) is 2.17. The van der Waals surface area contributed by atoms with Gasteiger partial charge in [-0.1, -0.05) is 11.6 Å². The Labute approximate surface area is 104 Å². The van der Waals surface area contributed by atoms with Crippen molar-refractivity contribution in [3.63, 3.8) is 0 Å². The fourth-order valence-corrected chi connectivity index (χ4v) is 1.87. The maximum atomic E-state index is 10.8. The maximum absolute atomic E-state index is 10.8. The maximum Gasteiger partial charge on any atom is 0.276 e. The summed E-state index contributed by atoms with van der Waals surface area (Å²) in [5.74, 6) is 0. The molecule has 0 radical (unpaired) electrons. The van der Waals surface area contributed by atoms with Crippen LogP contribution >= 0.6 is 11.6 Å². The van der Waals surface area contributed by atoms with Crippen LogP contribution in [0.15, 0.2) is 36.2 Å². The summed E-state index contributed by atoms with van der Waals surface area (Å²) in [6.45, 7) is 0.982. The molecule has 5 nitrogen and oxygen atoms in total. The van der Waals surface area contributed by atoms with Crippen molar-refractivity contribution in [3.8, 4) is 0 Å². The van der Waals surface area contributed by atoms with Crippen LogP contribution in [0, 0.1) is 10.1 Å². The number of benzene rings is 1. The van der Waals surface area contributed by atoms with Gasteiger partial charge in [0, 0.05) is 10.7 Å². The standard InChI is InChI=1S/C11H12ClN3O2/c1-13-6-11(15(16)17)7-14(8-13)10-4-2-9(12)3-5-10/h2-5,7H,6,8H2,1H3. The molecule has 1 aliphatic rings. The Bertz CT molecular complexity index is 458. The van der Waals surface area contributed by atoms with E-state index in [1.165, 1.54) is 0 Å². The predicted molar refractivity (Wildman–Crippen MR) is 66.5 cm³/mol. The lowest BCUT2D eigenvalue weighted by Crippen LogP contribution is -2.39. The van der Waals surface area contributed by atoms with Gasteiger partial charge in [0.2, 0.25) is 0 Å². The summed E-state index contributed by atoms with van der Waals surface area (Å²) in [4.78, 5) is 14.2. The van der Waals surface area contributed by atoms with Crippen molar-refractivity contribution in [3.05, 3.63) is 51.3 Å².